The Morgan fingerprint density at radius 2 is 0.906 bits per heavy atom. The molecule has 0 unspecified atom stereocenters. The van der Waals surface area contributed by atoms with Gasteiger partial charge in [-0.15, -0.1) is 0 Å². The van der Waals surface area contributed by atoms with Crippen molar-refractivity contribution in [2.24, 2.45) is 9.98 Å². The summed E-state index contributed by atoms with van der Waals surface area (Å²) in [6.45, 7) is 0. The molecular weight excluding hydrogens is 710 g/mol. The average molecular weight is 744 g/mol. The first-order valence-electron chi connectivity index (χ1n) is 17.1. The number of nitrogens with one attached hydrogen (secondary N) is 2. The molecule has 0 saturated heterocycles. The number of amidine groups is 1. The van der Waals surface area contributed by atoms with Crippen LogP contribution in [0.1, 0.15) is 16.7 Å². The van der Waals surface area contributed by atoms with Crippen molar-refractivity contribution in [3.8, 4) is 51.0 Å². The topological polar surface area (TPSA) is 84.0 Å². The minimum Gasteiger partial charge on any atom is -0.497 e. The number of rotatable bonds is 8. The van der Waals surface area contributed by atoms with Gasteiger partial charge in [0.15, 0.2) is 5.84 Å². The molecule has 1 aliphatic rings. The van der Waals surface area contributed by atoms with Gasteiger partial charge in [-0.1, -0.05) is 66.7 Å². The van der Waals surface area contributed by atoms with Gasteiger partial charge in [0.05, 0.1) is 44.1 Å². The van der Waals surface area contributed by atoms with Crippen LogP contribution in [0.25, 0.3) is 55.3 Å². The molecule has 8 heteroatoms. The Morgan fingerprint density at radius 1 is 0.453 bits per heavy atom. The summed E-state index contributed by atoms with van der Waals surface area (Å²) in [5, 5.41) is 4.37. The summed E-state index contributed by atoms with van der Waals surface area (Å²) >= 11 is 0. The number of hydrogen-bond donors (Lipinski definition) is 2. The number of hydrogen-bond acceptors (Lipinski definition) is 4. The van der Waals surface area contributed by atoms with Gasteiger partial charge in [-0.25, -0.2) is 9.98 Å². The second-order valence-corrected chi connectivity index (χ2v) is 12.6. The monoisotopic (exact) mass is 742 g/mol. The molecule has 53 heavy (non-hydrogen) atoms. The zero-order valence-corrected chi connectivity index (χ0v) is 32.6. The zero-order chi connectivity index (χ0) is 35.2. The Morgan fingerprint density at radius 3 is 1.45 bits per heavy atom. The summed E-state index contributed by atoms with van der Waals surface area (Å²) in [6.07, 6.45) is 0. The van der Waals surface area contributed by atoms with Gasteiger partial charge in [-0.05, 0) is 83.9 Å². The van der Waals surface area contributed by atoms with Crippen LogP contribution in [0.4, 0.5) is 5.82 Å². The van der Waals surface area contributed by atoms with Crippen LogP contribution in [0.15, 0.2) is 150 Å². The Bertz CT molecular complexity index is 2670. The van der Waals surface area contributed by atoms with Crippen LogP contribution in [0.5, 0.6) is 17.2 Å². The van der Waals surface area contributed by atoms with Gasteiger partial charge in [0.2, 0.25) is 0 Å². The van der Waals surface area contributed by atoms with Crippen LogP contribution in [0.2, 0.25) is 0 Å². The number of nitrogens with zero attached hydrogens (tertiary/aromatic N) is 2. The number of H-pyrrole nitrogens is 2. The maximum Gasteiger partial charge on any atom is 0.162 e. The molecule has 3 heterocycles. The molecule has 0 amide bonds. The Balaban J connectivity index is 0.00000400. The van der Waals surface area contributed by atoms with Gasteiger partial charge in [-0.3, -0.25) is 0 Å². The van der Waals surface area contributed by atoms with E-state index in [4.69, 9.17) is 24.2 Å². The molecule has 1 aliphatic heterocycles. The molecule has 0 radical (unpaired) electrons. The Labute approximate surface area is 319 Å². The number of benzene rings is 6. The minimum absolute atomic E-state index is 0. The van der Waals surface area contributed by atoms with Crippen LogP contribution in [0.3, 0.4) is 0 Å². The first kappa shape index (κ1) is 33.9. The van der Waals surface area contributed by atoms with E-state index in [0.29, 0.717) is 5.84 Å². The van der Waals surface area contributed by atoms with Gasteiger partial charge in [0.1, 0.15) is 23.1 Å². The standard InChI is InChI=1S/C45H34N4O3.Zn/c1-50-30-21-15-27(16-22-30)40-33-9-4-5-10-34(33)43(46-40)37-13-8-14-38-39(37)42(29-19-25-32(52-3)26-20-29)48-45(38)49-44-36-12-7-6-11-35(36)41(47-44)28-17-23-31(51-2)24-18-28;/h4-26,46-47H,1-3H3;. The molecule has 0 saturated carbocycles. The van der Waals surface area contributed by atoms with E-state index < -0.39 is 0 Å². The van der Waals surface area contributed by atoms with Gasteiger partial charge in [0.25, 0.3) is 0 Å². The molecule has 6 aromatic carbocycles. The summed E-state index contributed by atoms with van der Waals surface area (Å²) in [5.74, 6) is 3.80. The van der Waals surface area contributed by atoms with Crippen LogP contribution < -0.4 is 14.2 Å². The molecule has 2 aromatic heterocycles. The normalized spacial score (nSPS) is 12.8. The Hall–Kier alpha value is -6.24. The van der Waals surface area contributed by atoms with Crippen molar-refractivity contribution in [2.75, 3.05) is 21.3 Å². The SMILES string of the molecule is COc1ccc(C2=NC(=Nc3[nH]c(-c4ccc(OC)cc4)c4ccccc34)c3cccc(-c4[nH]c(-c5ccc(OC)cc5)c5ccccc45)c32)cc1.[Zn]. The zero-order valence-electron chi connectivity index (χ0n) is 29.6. The van der Waals surface area contributed by atoms with Crippen molar-refractivity contribution in [1.82, 2.24) is 9.97 Å². The summed E-state index contributed by atoms with van der Waals surface area (Å²) in [7, 11) is 5.04. The third kappa shape index (κ3) is 5.91. The van der Waals surface area contributed by atoms with Crippen LogP contribution in [0, 0.1) is 0 Å². The van der Waals surface area contributed by atoms with Crippen LogP contribution in [-0.2, 0) is 19.5 Å². The smallest absolute Gasteiger partial charge is 0.162 e. The fourth-order valence-corrected chi connectivity index (χ4v) is 7.18. The summed E-state index contributed by atoms with van der Waals surface area (Å²) in [5.41, 5.74) is 10.0. The number of methoxy groups -OCH3 is 3. The third-order valence-corrected chi connectivity index (χ3v) is 9.78. The van der Waals surface area contributed by atoms with E-state index >= 15 is 0 Å². The van der Waals surface area contributed by atoms with E-state index in [9.17, 15) is 0 Å². The second kappa shape index (κ2) is 14.1. The van der Waals surface area contributed by atoms with Gasteiger partial charge in [-0.2, -0.15) is 0 Å². The molecule has 0 fully saturated rings. The molecule has 0 atom stereocenters. The number of ether oxygens (including phenoxy) is 3. The summed E-state index contributed by atoms with van der Waals surface area (Å²) in [4.78, 5) is 18.1. The number of fused-ring (bicyclic) bond motifs is 3. The second-order valence-electron chi connectivity index (χ2n) is 12.6. The summed E-state index contributed by atoms with van der Waals surface area (Å²) < 4.78 is 16.4. The number of aliphatic imine (C=N–C) groups is 2. The minimum atomic E-state index is 0. The predicted octanol–water partition coefficient (Wildman–Crippen LogP) is 10.6. The quantitative estimate of drug-likeness (QED) is 0.152. The molecule has 0 bridgehead atoms. The number of aromatic nitrogens is 2. The van der Waals surface area contributed by atoms with E-state index in [0.717, 1.165) is 101 Å². The summed E-state index contributed by atoms with van der Waals surface area (Å²) in [6, 6.07) is 47.5. The van der Waals surface area contributed by atoms with Gasteiger partial charge in [0, 0.05) is 63.3 Å². The van der Waals surface area contributed by atoms with E-state index in [-0.39, 0.29) is 19.5 Å². The van der Waals surface area contributed by atoms with Crippen LogP contribution >= 0.6 is 0 Å². The fraction of sp³-hybridized carbons (Fsp3) is 0.0667. The van der Waals surface area contributed by atoms with E-state index in [2.05, 4.69) is 107 Å². The third-order valence-electron chi connectivity index (χ3n) is 9.78. The first-order valence-corrected chi connectivity index (χ1v) is 17.1. The fourth-order valence-electron chi connectivity index (χ4n) is 7.18. The van der Waals surface area contributed by atoms with Gasteiger partial charge < -0.3 is 24.2 Å². The van der Waals surface area contributed by atoms with Gasteiger partial charge >= 0.3 is 0 Å². The molecule has 9 rings (SSSR count). The number of aromatic amines is 2. The van der Waals surface area contributed by atoms with Crippen molar-refractivity contribution < 1.29 is 33.7 Å². The molecule has 0 spiro atoms. The average Bonchev–Trinajstić information content (AvgIpc) is 3.90. The van der Waals surface area contributed by atoms with E-state index in [1.165, 1.54) is 0 Å². The largest absolute Gasteiger partial charge is 0.497 e. The Kier molecular flexibility index (Phi) is 8.99. The predicted molar refractivity (Wildman–Crippen MR) is 211 cm³/mol. The molecule has 8 aromatic rings. The van der Waals surface area contributed by atoms with Crippen molar-refractivity contribution in [3.63, 3.8) is 0 Å². The van der Waals surface area contributed by atoms with Crippen molar-refractivity contribution in [1.29, 1.82) is 0 Å². The first-order chi connectivity index (χ1) is 25.6. The van der Waals surface area contributed by atoms with Crippen LogP contribution in [-0.4, -0.2) is 42.8 Å². The van der Waals surface area contributed by atoms with E-state index in [1.807, 2.05) is 42.5 Å². The molecule has 254 valence electrons. The molecular formula is C45H34N4O3Zn. The molecule has 2 N–H and O–H groups in total. The van der Waals surface area contributed by atoms with E-state index in [1.54, 1.807) is 21.3 Å². The van der Waals surface area contributed by atoms with Crippen molar-refractivity contribution >= 4 is 38.9 Å². The maximum atomic E-state index is 5.51. The molecule has 7 nitrogen and oxygen atoms in total. The van der Waals surface area contributed by atoms with Crippen molar-refractivity contribution in [3.05, 3.63) is 156 Å². The maximum absolute atomic E-state index is 5.51. The van der Waals surface area contributed by atoms with Crippen molar-refractivity contribution in [2.45, 2.75) is 0 Å². The molecule has 0 aliphatic carbocycles.